The van der Waals surface area contributed by atoms with Crippen molar-refractivity contribution in [2.45, 2.75) is 6.92 Å². The van der Waals surface area contributed by atoms with Gasteiger partial charge >= 0.3 is 0 Å². The zero-order chi connectivity index (χ0) is 18.4. The maximum Gasteiger partial charge on any atom is 0.256 e. The van der Waals surface area contributed by atoms with E-state index in [1.165, 1.54) is 25.1 Å². The molecule has 1 aromatic carbocycles. The number of carbonyl (C=O) groups excluding carboxylic acids is 2. The number of halogens is 2. The molecule has 0 aliphatic rings. The summed E-state index contributed by atoms with van der Waals surface area (Å²) in [7, 11) is 0. The smallest absolute Gasteiger partial charge is 0.256 e. The Labute approximate surface area is 157 Å². The van der Waals surface area contributed by atoms with Crippen LogP contribution in [0.1, 0.15) is 27.8 Å². The first-order valence-electron chi connectivity index (χ1n) is 7.35. The highest BCUT2D eigenvalue weighted by Crippen LogP contribution is 2.25. The predicted molar refractivity (Wildman–Crippen MR) is 98.6 cm³/mol. The zero-order valence-electron chi connectivity index (χ0n) is 13.4. The van der Waals surface area contributed by atoms with Crippen LogP contribution >= 0.6 is 22.6 Å². The van der Waals surface area contributed by atoms with Crippen molar-refractivity contribution in [1.29, 1.82) is 0 Å². The van der Waals surface area contributed by atoms with E-state index in [0.717, 1.165) is 3.57 Å². The van der Waals surface area contributed by atoms with Gasteiger partial charge in [-0.25, -0.2) is 4.39 Å². The van der Waals surface area contributed by atoms with Crippen molar-refractivity contribution < 1.29 is 23.8 Å². The van der Waals surface area contributed by atoms with Crippen LogP contribution in [0, 0.1) is 9.39 Å². The number of hydrogen-bond acceptors (Lipinski definition) is 5. The van der Waals surface area contributed by atoms with E-state index < -0.39 is 11.7 Å². The number of carbonyl (C=O) groups is 2. The maximum atomic E-state index is 14.0. The first-order chi connectivity index (χ1) is 11.9. The monoisotopic (exact) mass is 461 g/mol. The lowest BCUT2D eigenvalue weighted by atomic mass is 10.2. The Morgan fingerprint density at radius 3 is 2.76 bits per heavy atom. The lowest BCUT2D eigenvalue weighted by Crippen LogP contribution is -2.27. The standard InChI is InChI=1S/C16H17FIN3O4/c1-9(23)14-7-11(16(24)19-8-25-5-4-22)15(21-14)20-13-3-2-10(18)6-12(13)17/h2-3,6-7,20-22H,4-5,8H2,1H3,(H,19,24). The minimum atomic E-state index is -0.505. The third-order valence-corrected chi connectivity index (χ3v) is 3.87. The number of rotatable bonds is 8. The highest BCUT2D eigenvalue weighted by molar-refractivity contribution is 14.1. The average Bonchev–Trinajstić information content (AvgIpc) is 2.98. The highest BCUT2D eigenvalue weighted by atomic mass is 127. The number of aliphatic hydroxyl groups is 1. The second-order valence-corrected chi connectivity index (χ2v) is 6.30. The number of Topliss-reactive ketones (excluding diaryl/α,β-unsaturated/α-hetero) is 1. The minimum Gasteiger partial charge on any atom is -0.394 e. The first kappa shape index (κ1) is 19.3. The minimum absolute atomic E-state index is 0.0884. The van der Waals surface area contributed by atoms with Gasteiger partial charge in [-0.1, -0.05) is 0 Å². The van der Waals surface area contributed by atoms with Crippen LogP contribution in [0.25, 0.3) is 0 Å². The van der Waals surface area contributed by atoms with Gasteiger partial charge in [-0.05, 0) is 46.9 Å². The summed E-state index contributed by atoms with van der Waals surface area (Å²) in [5.74, 6) is -1.05. The van der Waals surface area contributed by atoms with Crippen LogP contribution in [0.3, 0.4) is 0 Å². The van der Waals surface area contributed by atoms with Crippen molar-refractivity contribution in [3.05, 3.63) is 44.9 Å². The van der Waals surface area contributed by atoms with Gasteiger partial charge in [0, 0.05) is 10.5 Å². The molecule has 1 heterocycles. The Kier molecular flexibility index (Phi) is 6.91. The van der Waals surface area contributed by atoms with Gasteiger partial charge in [0.1, 0.15) is 18.4 Å². The van der Waals surface area contributed by atoms with E-state index in [-0.39, 0.29) is 48.5 Å². The van der Waals surface area contributed by atoms with E-state index in [1.807, 2.05) is 22.6 Å². The maximum absolute atomic E-state index is 14.0. The number of anilines is 2. The topological polar surface area (TPSA) is 103 Å². The van der Waals surface area contributed by atoms with Crippen LogP contribution in [0.5, 0.6) is 0 Å². The molecule has 0 radical (unpaired) electrons. The summed E-state index contributed by atoms with van der Waals surface area (Å²) >= 11 is 1.99. The van der Waals surface area contributed by atoms with Gasteiger partial charge in [-0.2, -0.15) is 0 Å². The number of aromatic nitrogens is 1. The molecular formula is C16H17FIN3O4. The second-order valence-electron chi connectivity index (χ2n) is 5.06. The molecule has 1 aromatic heterocycles. The molecule has 25 heavy (non-hydrogen) atoms. The molecule has 0 fully saturated rings. The van der Waals surface area contributed by atoms with Crippen LogP contribution in [-0.2, 0) is 4.74 Å². The number of amides is 1. The van der Waals surface area contributed by atoms with Crippen LogP contribution in [0.15, 0.2) is 24.3 Å². The Bertz CT molecular complexity index is 779. The summed E-state index contributed by atoms with van der Waals surface area (Å²) in [4.78, 5) is 26.6. The van der Waals surface area contributed by atoms with Gasteiger partial charge in [0.05, 0.1) is 30.2 Å². The Morgan fingerprint density at radius 1 is 1.36 bits per heavy atom. The molecule has 0 saturated carbocycles. The Hall–Kier alpha value is -1.98. The second kappa shape index (κ2) is 8.92. The van der Waals surface area contributed by atoms with Crippen molar-refractivity contribution >= 4 is 45.8 Å². The third-order valence-electron chi connectivity index (χ3n) is 3.20. The molecule has 0 spiro atoms. The summed E-state index contributed by atoms with van der Waals surface area (Å²) in [5.41, 5.74) is 0.536. The number of ketones is 1. The van der Waals surface area contributed by atoms with Crippen LogP contribution in [-0.4, -0.2) is 41.7 Å². The fourth-order valence-electron chi connectivity index (χ4n) is 2.00. The Morgan fingerprint density at radius 2 is 2.12 bits per heavy atom. The van der Waals surface area contributed by atoms with Crippen LogP contribution < -0.4 is 10.6 Å². The van der Waals surface area contributed by atoms with Gasteiger partial charge in [-0.15, -0.1) is 0 Å². The lowest BCUT2D eigenvalue weighted by Gasteiger charge is -2.09. The van der Waals surface area contributed by atoms with Gasteiger partial charge in [-0.3, -0.25) is 9.59 Å². The van der Waals surface area contributed by atoms with Crippen molar-refractivity contribution in [2.24, 2.45) is 0 Å². The number of ether oxygens (including phenoxy) is 1. The van der Waals surface area contributed by atoms with Crippen LogP contribution in [0.2, 0.25) is 0 Å². The van der Waals surface area contributed by atoms with Crippen molar-refractivity contribution in [3.63, 3.8) is 0 Å². The van der Waals surface area contributed by atoms with Gasteiger partial charge in [0.25, 0.3) is 5.91 Å². The lowest BCUT2D eigenvalue weighted by molar-refractivity contribution is 0.0664. The molecule has 9 heteroatoms. The highest BCUT2D eigenvalue weighted by Gasteiger charge is 2.18. The molecule has 2 aromatic rings. The number of nitrogens with one attached hydrogen (secondary N) is 3. The van der Waals surface area contributed by atoms with Crippen molar-refractivity contribution in [2.75, 3.05) is 25.3 Å². The molecule has 0 bridgehead atoms. The van der Waals surface area contributed by atoms with E-state index in [9.17, 15) is 14.0 Å². The number of H-pyrrole nitrogens is 1. The molecule has 0 aliphatic heterocycles. The van der Waals surface area contributed by atoms with E-state index in [1.54, 1.807) is 6.07 Å². The van der Waals surface area contributed by atoms with Gasteiger partial charge < -0.3 is 25.5 Å². The largest absolute Gasteiger partial charge is 0.394 e. The molecule has 2 rings (SSSR count). The summed E-state index contributed by atoms with van der Waals surface area (Å²) in [6.07, 6.45) is 0. The molecule has 4 N–H and O–H groups in total. The molecule has 0 aliphatic carbocycles. The SMILES string of the molecule is CC(=O)c1cc(C(=O)NCOCCO)c(Nc2ccc(I)cc2F)[nH]1. The molecule has 0 saturated heterocycles. The molecule has 0 unspecified atom stereocenters. The summed E-state index contributed by atoms with van der Waals surface area (Å²) < 4.78 is 19.7. The normalized spacial score (nSPS) is 10.6. The summed E-state index contributed by atoms with van der Waals surface area (Å²) in [5, 5.41) is 13.9. The van der Waals surface area contributed by atoms with Gasteiger partial charge in [0.15, 0.2) is 5.78 Å². The average molecular weight is 461 g/mol. The fraction of sp³-hybridized carbons (Fsp3) is 0.250. The fourth-order valence-corrected chi connectivity index (χ4v) is 2.45. The van der Waals surface area contributed by atoms with E-state index in [4.69, 9.17) is 9.84 Å². The van der Waals surface area contributed by atoms with Gasteiger partial charge in [0.2, 0.25) is 0 Å². The van der Waals surface area contributed by atoms with Crippen molar-refractivity contribution in [3.8, 4) is 0 Å². The van der Waals surface area contributed by atoms with E-state index in [0.29, 0.717) is 0 Å². The molecule has 1 amide bonds. The first-order valence-corrected chi connectivity index (χ1v) is 8.43. The Balaban J connectivity index is 2.23. The molecule has 0 atom stereocenters. The van der Waals surface area contributed by atoms with E-state index in [2.05, 4.69) is 15.6 Å². The molecule has 134 valence electrons. The summed E-state index contributed by atoms with van der Waals surface area (Å²) in [6.45, 7) is 1.18. The van der Waals surface area contributed by atoms with E-state index >= 15 is 0 Å². The predicted octanol–water partition coefficient (Wildman–Crippen LogP) is 2.40. The third kappa shape index (κ3) is 5.25. The number of hydrogen-bond donors (Lipinski definition) is 4. The number of aromatic amines is 1. The number of benzene rings is 1. The van der Waals surface area contributed by atoms with Crippen molar-refractivity contribution in [1.82, 2.24) is 10.3 Å². The number of aliphatic hydroxyl groups excluding tert-OH is 1. The molecular weight excluding hydrogens is 444 g/mol. The molecule has 7 nitrogen and oxygen atoms in total. The quantitative estimate of drug-likeness (QED) is 0.209. The summed E-state index contributed by atoms with van der Waals surface area (Å²) in [6, 6.07) is 5.98. The van der Waals surface area contributed by atoms with Crippen LogP contribution in [0.4, 0.5) is 15.9 Å². The zero-order valence-corrected chi connectivity index (χ0v) is 15.5.